The highest BCUT2D eigenvalue weighted by Gasteiger charge is 2.36. The molecule has 1 aromatic rings. The van der Waals surface area contributed by atoms with Crippen LogP contribution in [0.4, 0.5) is 0 Å². The lowest BCUT2D eigenvalue weighted by Gasteiger charge is -2.32. The molecule has 1 atom stereocenters. The van der Waals surface area contributed by atoms with Gasteiger partial charge in [-0.1, -0.05) is 12.1 Å². The zero-order valence-electron chi connectivity index (χ0n) is 15.2. The van der Waals surface area contributed by atoms with E-state index in [0.717, 1.165) is 11.8 Å². The highest BCUT2D eigenvalue weighted by molar-refractivity contribution is 7.90. The van der Waals surface area contributed by atoms with Crippen LogP contribution < -0.4 is 5.32 Å². The topological polar surface area (TPSA) is 83.6 Å². The number of hydrogen-bond donors (Lipinski definition) is 1. The molecule has 6 nitrogen and oxygen atoms in total. The molecule has 1 heterocycles. The molecule has 7 heteroatoms. The van der Waals surface area contributed by atoms with Crippen molar-refractivity contribution in [2.75, 3.05) is 19.3 Å². The van der Waals surface area contributed by atoms with Gasteiger partial charge in [0.05, 0.1) is 11.3 Å². The molecule has 0 aliphatic carbocycles. The monoisotopic (exact) mass is 366 g/mol. The van der Waals surface area contributed by atoms with Crippen LogP contribution in [0.25, 0.3) is 0 Å². The average Bonchev–Trinajstić information content (AvgIpc) is 2.86. The molecule has 1 fully saturated rings. The highest BCUT2D eigenvalue weighted by atomic mass is 32.2. The standard InChI is InChI=1S/C18H26N2O4S/c1-18(2,3)20-12-14(10-17(20)22)11-19-16(21)9-13-5-7-15(8-6-13)25(4,23)24/h5-8,14H,9-12H2,1-4H3,(H,19,21)/t14-/m0/s1. The van der Waals surface area contributed by atoms with Gasteiger partial charge in [-0.2, -0.15) is 0 Å². The molecule has 1 saturated heterocycles. The lowest BCUT2D eigenvalue weighted by molar-refractivity contribution is -0.131. The summed E-state index contributed by atoms with van der Waals surface area (Å²) in [4.78, 5) is 26.2. The first kappa shape index (κ1) is 19.4. The highest BCUT2D eigenvalue weighted by Crippen LogP contribution is 2.25. The third-order valence-electron chi connectivity index (χ3n) is 4.32. The molecule has 0 saturated carbocycles. The van der Waals surface area contributed by atoms with Crippen LogP contribution in [0, 0.1) is 5.92 Å². The van der Waals surface area contributed by atoms with Gasteiger partial charge < -0.3 is 10.2 Å². The van der Waals surface area contributed by atoms with E-state index in [9.17, 15) is 18.0 Å². The van der Waals surface area contributed by atoms with Crippen molar-refractivity contribution in [1.29, 1.82) is 0 Å². The molecular weight excluding hydrogens is 340 g/mol. The predicted molar refractivity (Wildman–Crippen MR) is 95.8 cm³/mol. The predicted octanol–water partition coefficient (Wildman–Crippen LogP) is 1.40. The van der Waals surface area contributed by atoms with E-state index in [4.69, 9.17) is 0 Å². The second-order valence-electron chi connectivity index (χ2n) is 7.64. The van der Waals surface area contributed by atoms with Crippen molar-refractivity contribution in [3.05, 3.63) is 29.8 Å². The maximum atomic E-state index is 12.1. The minimum atomic E-state index is -3.23. The summed E-state index contributed by atoms with van der Waals surface area (Å²) in [6.07, 6.45) is 1.80. The molecule has 0 bridgehead atoms. The van der Waals surface area contributed by atoms with Crippen LogP contribution in [-0.2, 0) is 25.8 Å². The number of nitrogens with one attached hydrogen (secondary N) is 1. The third-order valence-corrected chi connectivity index (χ3v) is 5.45. The Balaban J connectivity index is 1.84. The van der Waals surface area contributed by atoms with E-state index >= 15 is 0 Å². The Hall–Kier alpha value is -1.89. The summed E-state index contributed by atoms with van der Waals surface area (Å²) >= 11 is 0. The molecule has 1 aliphatic heterocycles. The van der Waals surface area contributed by atoms with Crippen molar-refractivity contribution in [1.82, 2.24) is 10.2 Å². The van der Waals surface area contributed by atoms with Crippen LogP contribution in [0.5, 0.6) is 0 Å². The molecular formula is C18H26N2O4S. The largest absolute Gasteiger partial charge is 0.355 e. The van der Waals surface area contributed by atoms with Crippen molar-refractivity contribution in [2.24, 2.45) is 5.92 Å². The van der Waals surface area contributed by atoms with Crippen LogP contribution >= 0.6 is 0 Å². The van der Waals surface area contributed by atoms with E-state index < -0.39 is 9.84 Å². The summed E-state index contributed by atoms with van der Waals surface area (Å²) in [7, 11) is -3.23. The Morgan fingerprint density at radius 2 is 1.84 bits per heavy atom. The summed E-state index contributed by atoms with van der Waals surface area (Å²) in [5, 5.41) is 2.87. The van der Waals surface area contributed by atoms with E-state index in [-0.39, 0.29) is 34.6 Å². The van der Waals surface area contributed by atoms with E-state index in [1.165, 1.54) is 12.1 Å². The molecule has 25 heavy (non-hydrogen) atoms. The van der Waals surface area contributed by atoms with Gasteiger partial charge in [0.15, 0.2) is 9.84 Å². The van der Waals surface area contributed by atoms with E-state index in [0.29, 0.717) is 19.5 Å². The number of likely N-dealkylation sites (tertiary alicyclic amines) is 1. The number of carbonyl (C=O) groups excluding carboxylic acids is 2. The Kier molecular flexibility index (Phi) is 5.56. The number of benzene rings is 1. The lowest BCUT2D eigenvalue weighted by Crippen LogP contribution is -2.42. The number of rotatable bonds is 5. The van der Waals surface area contributed by atoms with Gasteiger partial charge in [0.2, 0.25) is 11.8 Å². The SMILES string of the molecule is CC(C)(C)N1C[C@H](CNC(=O)Cc2ccc(S(C)(=O)=O)cc2)CC1=O. The number of carbonyl (C=O) groups is 2. The third kappa shape index (κ3) is 5.29. The summed E-state index contributed by atoms with van der Waals surface area (Å²) in [5.41, 5.74) is 0.556. The maximum absolute atomic E-state index is 12.1. The Morgan fingerprint density at radius 1 is 1.24 bits per heavy atom. The molecule has 1 aliphatic rings. The number of nitrogens with zero attached hydrogens (tertiary/aromatic N) is 1. The van der Waals surface area contributed by atoms with Crippen LogP contribution in [0.2, 0.25) is 0 Å². The summed E-state index contributed by atoms with van der Waals surface area (Å²) in [5.74, 6) is 0.125. The van der Waals surface area contributed by atoms with Gasteiger partial charge in [0, 0.05) is 37.2 Å². The second kappa shape index (κ2) is 7.15. The minimum absolute atomic E-state index is 0.128. The zero-order valence-corrected chi connectivity index (χ0v) is 16.0. The molecule has 2 rings (SSSR count). The smallest absolute Gasteiger partial charge is 0.224 e. The van der Waals surface area contributed by atoms with Gasteiger partial charge in [-0.3, -0.25) is 9.59 Å². The normalized spacial score (nSPS) is 18.5. The fourth-order valence-electron chi connectivity index (χ4n) is 2.93. The molecule has 1 N–H and O–H groups in total. The molecule has 2 amide bonds. The number of hydrogen-bond acceptors (Lipinski definition) is 4. The van der Waals surface area contributed by atoms with Crippen molar-refractivity contribution >= 4 is 21.7 Å². The molecule has 0 unspecified atom stereocenters. The molecule has 138 valence electrons. The lowest BCUT2D eigenvalue weighted by atomic mass is 10.1. The van der Waals surface area contributed by atoms with Gasteiger partial charge in [0.25, 0.3) is 0 Å². The van der Waals surface area contributed by atoms with Gasteiger partial charge in [-0.15, -0.1) is 0 Å². The molecule has 1 aromatic carbocycles. The Bertz CT molecular complexity index is 748. The van der Waals surface area contributed by atoms with E-state index in [1.54, 1.807) is 12.1 Å². The molecule has 0 radical (unpaired) electrons. The number of amides is 2. The van der Waals surface area contributed by atoms with Crippen molar-refractivity contribution in [3.63, 3.8) is 0 Å². The number of sulfone groups is 1. The van der Waals surface area contributed by atoms with Crippen LogP contribution in [-0.4, -0.2) is 50.0 Å². The summed E-state index contributed by atoms with van der Waals surface area (Å²) in [6, 6.07) is 6.32. The van der Waals surface area contributed by atoms with Crippen molar-refractivity contribution in [2.45, 2.75) is 44.0 Å². The maximum Gasteiger partial charge on any atom is 0.224 e. The molecule has 0 aromatic heterocycles. The van der Waals surface area contributed by atoms with Gasteiger partial charge in [-0.25, -0.2) is 8.42 Å². The Labute approximate surface area is 149 Å². The van der Waals surface area contributed by atoms with E-state index in [1.807, 2.05) is 25.7 Å². The van der Waals surface area contributed by atoms with Crippen LogP contribution in [0.3, 0.4) is 0 Å². The summed E-state index contributed by atoms with van der Waals surface area (Å²) < 4.78 is 22.9. The average molecular weight is 366 g/mol. The minimum Gasteiger partial charge on any atom is -0.355 e. The first-order chi connectivity index (χ1) is 11.5. The molecule has 0 spiro atoms. The van der Waals surface area contributed by atoms with Gasteiger partial charge in [-0.05, 0) is 38.5 Å². The summed E-state index contributed by atoms with van der Waals surface area (Å²) in [6.45, 7) is 7.15. The van der Waals surface area contributed by atoms with E-state index in [2.05, 4.69) is 5.32 Å². The van der Waals surface area contributed by atoms with Gasteiger partial charge >= 0.3 is 0 Å². The van der Waals surface area contributed by atoms with Crippen LogP contribution in [0.15, 0.2) is 29.2 Å². The fraction of sp³-hybridized carbons (Fsp3) is 0.556. The Morgan fingerprint density at radius 3 is 2.32 bits per heavy atom. The van der Waals surface area contributed by atoms with Crippen molar-refractivity contribution in [3.8, 4) is 0 Å². The first-order valence-electron chi connectivity index (χ1n) is 8.33. The van der Waals surface area contributed by atoms with Crippen LogP contribution in [0.1, 0.15) is 32.8 Å². The fourth-order valence-corrected chi connectivity index (χ4v) is 3.56. The second-order valence-corrected chi connectivity index (χ2v) is 9.66. The van der Waals surface area contributed by atoms with Crippen molar-refractivity contribution < 1.29 is 18.0 Å². The first-order valence-corrected chi connectivity index (χ1v) is 10.2. The zero-order chi connectivity index (χ0) is 18.8. The quantitative estimate of drug-likeness (QED) is 0.854. The van der Waals surface area contributed by atoms with Gasteiger partial charge in [0.1, 0.15) is 0 Å².